The van der Waals surface area contributed by atoms with Crippen molar-refractivity contribution < 1.29 is 9.53 Å². The number of Topliss-reactive ketones (excluding diaryl/α,β-unsaturated/α-hetero) is 1. The fourth-order valence-electron chi connectivity index (χ4n) is 3.31. The molecule has 0 N–H and O–H groups in total. The second kappa shape index (κ2) is 7.22. The quantitative estimate of drug-likeness (QED) is 0.723. The number of carbonyl (C=O) groups excluding carboxylic acids is 1. The van der Waals surface area contributed by atoms with Crippen molar-refractivity contribution in [2.24, 2.45) is 5.92 Å². The monoisotopic (exact) mass is 288 g/mol. The summed E-state index contributed by atoms with van der Waals surface area (Å²) in [6.45, 7) is 8.17. The predicted octanol–water partition coefficient (Wildman–Crippen LogP) is 4.86. The van der Waals surface area contributed by atoms with Gasteiger partial charge in [0.05, 0.1) is 6.10 Å². The van der Waals surface area contributed by atoms with Crippen LogP contribution in [0.5, 0.6) is 0 Å². The average molecular weight is 288 g/mol. The molecule has 1 saturated carbocycles. The maximum atomic E-state index is 12.6. The first kappa shape index (κ1) is 16.2. The van der Waals surface area contributed by atoms with E-state index < -0.39 is 0 Å². The Kier molecular flexibility index (Phi) is 5.58. The van der Waals surface area contributed by atoms with Crippen LogP contribution in [0.2, 0.25) is 0 Å². The molecule has 0 saturated heterocycles. The van der Waals surface area contributed by atoms with Crippen LogP contribution in [0.3, 0.4) is 0 Å². The highest BCUT2D eigenvalue weighted by molar-refractivity contribution is 6.00. The number of aryl methyl sites for hydroxylation is 2. The van der Waals surface area contributed by atoms with Crippen LogP contribution >= 0.6 is 0 Å². The van der Waals surface area contributed by atoms with E-state index in [2.05, 4.69) is 6.92 Å². The van der Waals surface area contributed by atoms with E-state index in [1.165, 1.54) is 19.3 Å². The minimum atomic E-state index is -0.342. The zero-order valence-electron chi connectivity index (χ0n) is 13.8. The number of carbonyl (C=O) groups is 1. The summed E-state index contributed by atoms with van der Waals surface area (Å²) in [6, 6.07) is 6.04. The molecule has 21 heavy (non-hydrogen) atoms. The van der Waals surface area contributed by atoms with Crippen LogP contribution in [0.1, 0.15) is 67.4 Å². The molecule has 3 unspecified atom stereocenters. The Hall–Kier alpha value is -1.15. The Labute approximate surface area is 128 Å². The van der Waals surface area contributed by atoms with Crippen molar-refractivity contribution in [2.45, 2.75) is 72.0 Å². The minimum absolute atomic E-state index is 0.120. The van der Waals surface area contributed by atoms with Crippen LogP contribution in [0.4, 0.5) is 0 Å². The van der Waals surface area contributed by atoms with Crippen molar-refractivity contribution >= 4 is 5.78 Å². The lowest BCUT2D eigenvalue weighted by Gasteiger charge is -2.30. The highest BCUT2D eigenvalue weighted by Crippen LogP contribution is 2.29. The van der Waals surface area contributed by atoms with Gasteiger partial charge in [-0.05, 0) is 51.2 Å². The Bertz CT molecular complexity index is 492. The molecule has 0 bridgehead atoms. The second-order valence-electron chi connectivity index (χ2n) is 6.52. The molecule has 1 aliphatic carbocycles. The van der Waals surface area contributed by atoms with Crippen LogP contribution in [0, 0.1) is 19.8 Å². The number of hydrogen-bond acceptors (Lipinski definition) is 2. The second-order valence-corrected chi connectivity index (χ2v) is 6.52. The highest BCUT2D eigenvalue weighted by Gasteiger charge is 2.26. The van der Waals surface area contributed by atoms with E-state index in [4.69, 9.17) is 4.74 Å². The van der Waals surface area contributed by atoms with Crippen LogP contribution in [-0.4, -0.2) is 18.0 Å². The minimum Gasteiger partial charge on any atom is -0.367 e. The Balaban J connectivity index is 2.00. The largest absolute Gasteiger partial charge is 0.367 e. The molecule has 1 fully saturated rings. The van der Waals surface area contributed by atoms with E-state index in [1.54, 1.807) is 0 Å². The molecular weight excluding hydrogens is 260 g/mol. The van der Waals surface area contributed by atoms with Gasteiger partial charge < -0.3 is 4.74 Å². The van der Waals surface area contributed by atoms with E-state index in [9.17, 15) is 4.79 Å². The summed E-state index contributed by atoms with van der Waals surface area (Å²) < 4.78 is 6.08. The fraction of sp³-hybridized carbons (Fsp3) is 0.632. The maximum absolute atomic E-state index is 12.6. The first-order valence-electron chi connectivity index (χ1n) is 8.28. The molecule has 0 aromatic heterocycles. The average Bonchev–Trinajstić information content (AvgIpc) is 2.49. The third kappa shape index (κ3) is 4.16. The van der Waals surface area contributed by atoms with E-state index in [1.807, 2.05) is 39.0 Å². The summed E-state index contributed by atoms with van der Waals surface area (Å²) in [6.07, 6.45) is 5.89. The van der Waals surface area contributed by atoms with Gasteiger partial charge in [-0.15, -0.1) is 0 Å². The van der Waals surface area contributed by atoms with E-state index in [0.717, 1.165) is 35.4 Å². The molecule has 0 spiro atoms. The molecule has 1 aliphatic rings. The van der Waals surface area contributed by atoms with Gasteiger partial charge in [0.25, 0.3) is 0 Å². The van der Waals surface area contributed by atoms with Crippen LogP contribution < -0.4 is 0 Å². The van der Waals surface area contributed by atoms with Gasteiger partial charge in [0.1, 0.15) is 6.10 Å². The van der Waals surface area contributed by atoms with Crippen molar-refractivity contribution in [1.29, 1.82) is 0 Å². The SMILES string of the molecule is CCC1CCCC(OC(C)C(=O)c2cc(C)ccc2C)C1. The Morgan fingerprint density at radius 1 is 1.33 bits per heavy atom. The maximum Gasteiger partial charge on any atom is 0.191 e. The lowest BCUT2D eigenvalue weighted by molar-refractivity contribution is -0.0221. The number of rotatable bonds is 5. The Morgan fingerprint density at radius 2 is 2.10 bits per heavy atom. The topological polar surface area (TPSA) is 26.3 Å². The molecule has 0 radical (unpaired) electrons. The summed E-state index contributed by atoms with van der Waals surface area (Å²) in [7, 11) is 0. The van der Waals surface area contributed by atoms with Gasteiger partial charge in [-0.1, -0.05) is 43.9 Å². The number of ether oxygens (including phenoxy) is 1. The standard InChI is InChI=1S/C19H28O2/c1-5-16-7-6-8-17(12-16)21-15(4)19(20)18-11-13(2)9-10-14(18)3/h9-11,15-17H,5-8,12H2,1-4H3. The van der Waals surface area contributed by atoms with Gasteiger partial charge in [0.15, 0.2) is 5.78 Å². The van der Waals surface area contributed by atoms with Gasteiger partial charge in [-0.2, -0.15) is 0 Å². The van der Waals surface area contributed by atoms with Crippen molar-refractivity contribution in [3.05, 3.63) is 34.9 Å². The first-order valence-corrected chi connectivity index (χ1v) is 8.28. The van der Waals surface area contributed by atoms with Gasteiger partial charge in [-0.25, -0.2) is 0 Å². The summed E-state index contributed by atoms with van der Waals surface area (Å²) in [4.78, 5) is 12.6. The fourth-order valence-corrected chi connectivity index (χ4v) is 3.31. The number of ketones is 1. The van der Waals surface area contributed by atoms with Crippen LogP contribution in [0.15, 0.2) is 18.2 Å². The third-order valence-corrected chi connectivity index (χ3v) is 4.74. The molecule has 1 aromatic rings. The smallest absolute Gasteiger partial charge is 0.191 e. The summed E-state index contributed by atoms with van der Waals surface area (Å²) in [5.41, 5.74) is 2.97. The highest BCUT2D eigenvalue weighted by atomic mass is 16.5. The molecule has 116 valence electrons. The van der Waals surface area contributed by atoms with E-state index in [-0.39, 0.29) is 18.0 Å². The molecule has 0 aliphatic heterocycles. The molecule has 2 nitrogen and oxygen atoms in total. The third-order valence-electron chi connectivity index (χ3n) is 4.74. The van der Waals surface area contributed by atoms with Crippen molar-refractivity contribution in [2.75, 3.05) is 0 Å². The predicted molar refractivity (Wildman–Crippen MR) is 86.8 cm³/mol. The molecule has 2 rings (SSSR count). The van der Waals surface area contributed by atoms with Gasteiger partial charge in [0.2, 0.25) is 0 Å². The van der Waals surface area contributed by atoms with Crippen molar-refractivity contribution in [3.63, 3.8) is 0 Å². The lowest BCUT2D eigenvalue weighted by atomic mass is 9.85. The molecule has 0 amide bonds. The van der Waals surface area contributed by atoms with Crippen molar-refractivity contribution in [1.82, 2.24) is 0 Å². The zero-order valence-corrected chi connectivity index (χ0v) is 13.8. The van der Waals surface area contributed by atoms with Gasteiger partial charge in [0, 0.05) is 5.56 Å². The van der Waals surface area contributed by atoms with Crippen LogP contribution in [-0.2, 0) is 4.74 Å². The van der Waals surface area contributed by atoms with Gasteiger partial charge in [-0.3, -0.25) is 4.79 Å². The van der Waals surface area contributed by atoms with Gasteiger partial charge >= 0.3 is 0 Å². The molecule has 3 atom stereocenters. The first-order chi connectivity index (χ1) is 10.0. The van der Waals surface area contributed by atoms with E-state index in [0.29, 0.717) is 0 Å². The number of hydrogen-bond donors (Lipinski definition) is 0. The Morgan fingerprint density at radius 3 is 2.81 bits per heavy atom. The molecule has 1 aromatic carbocycles. The number of benzene rings is 1. The normalized spacial score (nSPS) is 23.8. The zero-order chi connectivity index (χ0) is 15.4. The summed E-state index contributed by atoms with van der Waals surface area (Å²) in [5, 5.41) is 0. The molecular formula is C19H28O2. The molecule has 2 heteroatoms. The lowest BCUT2D eigenvalue weighted by Crippen LogP contribution is -2.31. The molecule has 0 heterocycles. The van der Waals surface area contributed by atoms with E-state index >= 15 is 0 Å². The van der Waals surface area contributed by atoms with Crippen LogP contribution in [0.25, 0.3) is 0 Å². The summed E-state index contributed by atoms with van der Waals surface area (Å²) >= 11 is 0. The summed E-state index contributed by atoms with van der Waals surface area (Å²) in [5.74, 6) is 0.890. The van der Waals surface area contributed by atoms with Crippen molar-refractivity contribution in [3.8, 4) is 0 Å².